The van der Waals surface area contributed by atoms with Crippen LogP contribution in [-0.4, -0.2) is 11.8 Å². The second kappa shape index (κ2) is 7.00. The molecule has 1 unspecified atom stereocenters. The largest absolute Gasteiger partial charge is 0.327 e. The highest BCUT2D eigenvalue weighted by molar-refractivity contribution is 5.78. The van der Waals surface area contributed by atoms with Crippen LogP contribution in [0.25, 0.3) is 0 Å². The summed E-state index contributed by atoms with van der Waals surface area (Å²) >= 11 is 0. The molecule has 2 heteroatoms. The molecule has 0 rings (SSSR count). The van der Waals surface area contributed by atoms with E-state index in [1.54, 1.807) is 0 Å². The van der Waals surface area contributed by atoms with Crippen molar-refractivity contribution in [1.29, 1.82) is 0 Å². The van der Waals surface area contributed by atoms with Gasteiger partial charge in [0.15, 0.2) is 0 Å². The second-order valence-electron chi connectivity index (χ2n) is 5.72. The molecule has 0 amide bonds. The number of hydrogen-bond donors (Lipinski definition) is 1. The summed E-state index contributed by atoms with van der Waals surface area (Å²) in [5.41, 5.74) is 6.17. The standard InChI is InChI=1S/C13H27NO/c1-5-6-7-8-12(15)9-11(14)10-13(2,3)4/h11H,5-10,14H2,1-4H3. The molecule has 0 saturated heterocycles. The van der Waals surface area contributed by atoms with Gasteiger partial charge in [-0.3, -0.25) is 4.79 Å². The monoisotopic (exact) mass is 213 g/mol. The van der Waals surface area contributed by atoms with Gasteiger partial charge in [0.1, 0.15) is 5.78 Å². The predicted molar refractivity (Wildman–Crippen MR) is 65.8 cm³/mol. The number of carbonyl (C=O) groups is 1. The molecule has 1 atom stereocenters. The number of hydrogen-bond acceptors (Lipinski definition) is 2. The minimum Gasteiger partial charge on any atom is -0.327 e. The summed E-state index contributed by atoms with van der Waals surface area (Å²) in [4.78, 5) is 11.5. The first-order chi connectivity index (χ1) is 6.85. The Morgan fingerprint density at radius 1 is 1.27 bits per heavy atom. The van der Waals surface area contributed by atoms with Crippen LogP contribution < -0.4 is 5.73 Å². The Morgan fingerprint density at radius 2 is 1.87 bits per heavy atom. The van der Waals surface area contributed by atoms with Crippen LogP contribution in [0.15, 0.2) is 0 Å². The first-order valence-electron chi connectivity index (χ1n) is 6.12. The van der Waals surface area contributed by atoms with Crippen LogP contribution in [0.4, 0.5) is 0 Å². The first kappa shape index (κ1) is 14.6. The summed E-state index contributed by atoms with van der Waals surface area (Å²) in [5, 5.41) is 0. The van der Waals surface area contributed by atoms with Crippen LogP contribution in [0.5, 0.6) is 0 Å². The van der Waals surface area contributed by atoms with Gasteiger partial charge in [-0.15, -0.1) is 0 Å². The Labute approximate surface area is 94.6 Å². The van der Waals surface area contributed by atoms with Crippen molar-refractivity contribution in [3.05, 3.63) is 0 Å². The molecule has 2 N–H and O–H groups in total. The van der Waals surface area contributed by atoms with E-state index >= 15 is 0 Å². The van der Waals surface area contributed by atoms with E-state index in [2.05, 4.69) is 27.7 Å². The first-order valence-corrected chi connectivity index (χ1v) is 6.12. The molecular formula is C13H27NO. The van der Waals surface area contributed by atoms with Crippen LogP contribution in [0, 0.1) is 5.41 Å². The minimum atomic E-state index is 0.0409. The molecule has 15 heavy (non-hydrogen) atoms. The smallest absolute Gasteiger partial charge is 0.134 e. The van der Waals surface area contributed by atoms with E-state index in [1.165, 1.54) is 6.42 Å². The number of Topliss-reactive ketones (excluding diaryl/α,β-unsaturated/α-hetero) is 1. The fourth-order valence-corrected chi connectivity index (χ4v) is 1.83. The van der Waals surface area contributed by atoms with Crippen LogP contribution in [0.3, 0.4) is 0 Å². The maximum atomic E-state index is 11.5. The van der Waals surface area contributed by atoms with Gasteiger partial charge in [0.05, 0.1) is 0 Å². The number of unbranched alkanes of at least 4 members (excludes halogenated alkanes) is 2. The van der Waals surface area contributed by atoms with E-state index in [4.69, 9.17) is 5.73 Å². The molecule has 0 aromatic carbocycles. The number of carbonyl (C=O) groups excluding carboxylic acids is 1. The lowest BCUT2D eigenvalue weighted by Crippen LogP contribution is -2.28. The highest BCUT2D eigenvalue weighted by Crippen LogP contribution is 2.21. The SMILES string of the molecule is CCCCCC(=O)CC(N)CC(C)(C)C. The van der Waals surface area contributed by atoms with Crippen molar-refractivity contribution in [1.82, 2.24) is 0 Å². The molecule has 0 aliphatic heterocycles. The normalized spacial score (nSPS) is 13.9. The third-order valence-electron chi connectivity index (χ3n) is 2.42. The summed E-state index contributed by atoms with van der Waals surface area (Å²) in [5.74, 6) is 0.334. The van der Waals surface area contributed by atoms with Crippen LogP contribution in [0.2, 0.25) is 0 Å². The van der Waals surface area contributed by atoms with Crippen molar-refractivity contribution in [2.45, 2.75) is 72.3 Å². The summed E-state index contributed by atoms with van der Waals surface area (Å²) in [6.07, 6.45) is 5.54. The summed E-state index contributed by atoms with van der Waals surface area (Å²) in [6.45, 7) is 8.63. The molecule has 2 nitrogen and oxygen atoms in total. The van der Waals surface area contributed by atoms with E-state index in [9.17, 15) is 4.79 Å². The average Bonchev–Trinajstić information content (AvgIpc) is 2.00. The van der Waals surface area contributed by atoms with Crippen LogP contribution in [-0.2, 0) is 4.79 Å². The molecule has 0 saturated carbocycles. The molecule has 0 fully saturated rings. The molecule has 0 bridgehead atoms. The fraction of sp³-hybridized carbons (Fsp3) is 0.923. The molecule has 0 heterocycles. The maximum Gasteiger partial charge on any atom is 0.134 e. The van der Waals surface area contributed by atoms with Gasteiger partial charge in [-0.05, 0) is 18.3 Å². The molecule has 0 aliphatic carbocycles. The fourth-order valence-electron chi connectivity index (χ4n) is 1.83. The topological polar surface area (TPSA) is 43.1 Å². The Bertz CT molecular complexity index is 181. The van der Waals surface area contributed by atoms with Gasteiger partial charge in [0, 0.05) is 18.9 Å². The van der Waals surface area contributed by atoms with Crippen LogP contribution in [0.1, 0.15) is 66.2 Å². The van der Waals surface area contributed by atoms with Crippen molar-refractivity contribution >= 4 is 5.78 Å². The lowest BCUT2D eigenvalue weighted by Gasteiger charge is -2.22. The van der Waals surface area contributed by atoms with Gasteiger partial charge >= 0.3 is 0 Å². The van der Waals surface area contributed by atoms with Gasteiger partial charge in [-0.1, -0.05) is 40.5 Å². The highest BCUT2D eigenvalue weighted by atomic mass is 16.1. The molecule has 0 radical (unpaired) electrons. The summed E-state index contributed by atoms with van der Waals surface area (Å²) in [7, 11) is 0. The van der Waals surface area contributed by atoms with Gasteiger partial charge in [0.25, 0.3) is 0 Å². The van der Waals surface area contributed by atoms with Crippen LogP contribution >= 0.6 is 0 Å². The molecule has 0 aromatic heterocycles. The second-order valence-corrected chi connectivity index (χ2v) is 5.72. The zero-order chi connectivity index (χ0) is 11.9. The van der Waals surface area contributed by atoms with Gasteiger partial charge < -0.3 is 5.73 Å². The number of rotatable bonds is 7. The molecule has 90 valence electrons. The third kappa shape index (κ3) is 9.92. The number of ketones is 1. The number of nitrogens with two attached hydrogens (primary N) is 1. The van der Waals surface area contributed by atoms with E-state index in [1.807, 2.05) is 0 Å². The lowest BCUT2D eigenvalue weighted by atomic mass is 9.86. The third-order valence-corrected chi connectivity index (χ3v) is 2.42. The Balaban J connectivity index is 3.67. The molecule has 0 aromatic rings. The maximum absolute atomic E-state index is 11.5. The van der Waals surface area contributed by atoms with Crippen molar-refractivity contribution in [2.75, 3.05) is 0 Å². The van der Waals surface area contributed by atoms with Crippen molar-refractivity contribution in [3.63, 3.8) is 0 Å². The lowest BCUT2D eigenvalue weighted by molar-refractivity contribution is -0.119. The Hall–Kier alpha value is -0.370. The average molecular weight is 213 g/mol. The van der Waals surface area contributed by atoms with Crippen molar-refractivity contribution < 1.29 is 4.79 Å². The van der Waals surface area contributed by atoms with Crippen molar-refractivity contribution in [3.8, 4) is 0 Å². The molecule has 0 aliphatic rings. The molecular weight excluding hydrogens is 186 g/mol. The predicted octanol–water partition coefficient (Wildman–Crippen LogP) is 3.29. The van der Waals surface area contributed by atoms with Gasteiger partial charge in [-0.2, -0.15) is 0 Å². The van der Waals surface area contributed by atoms with Gasteiger partial charge in [0.2, 0.25) is 0 Å². The van der Waals surface area contributed by atoms with E-state index < -0.39 is 0 Å². The van der Waals surface area contributed by atoms with Gasteiger partial charge in [-0.25, -0.2) is 0 Å². The van der Waals surface area contributed by atoms with E-state index in [0.717, 1.165) is 19.3 Å². The zero-order valence-corrected chi connectivity index (χ0v) is 10.8. The summed E-state index contributed by atoms with van der Waals surface area (Å²) < 4.78 is 0. The summed E-state index contributed by atoms with van der Waals surface area (Å²) in [6, 6.07) is 0.0409. The van der Waals surface area contributed by atoms with E-state index in [0.29, 0.717) is 18.6 Å². The minimum absolute atomic E-state index is 0.0409. The quantitative estimate of drug-likeness (QED) is 0.659. The Morgan fingerprint density at radius 3 is 2.33 bits per heavy atom. The Kier molecular flexibility index (Phi) is 6.82. The zero-order valence-electron chi connectivity index (χ0n) is 10.8. The molecule has 0 spiro atoms. The highest BCUT2D eigenvalue weighted by Gasteiger charge is 2.17. The van der Waals surface area contributed by atoms with Crippen molar-refractivity contribution in [2.24, 2.45) is 11.1 Å². The van der Waals surface area contributed by atoms with E-state index in [-0.39, 0.29) is 11.5 Å².